The quantitative estimate of drug-likeness (QED) is 0.227. The Kier molecular flexibility index (Phi) is 5.38. The topological polar surface area (TPSA) is 116 Å². The molecule has 156 valence electrons. The Bertz CT molecular complexity index is 1240. The number of imidazole rings is 1. The van der Waals surface area contributed by atoms with Crippen molar-refractivity contribution in [2.24, 2.45) is 5.84 Å². The molecule has 0 fully saturated rings. The molecule has 1 aromatic heterocycles. The van der Waals surface area contributed by atoms with Crippen LogP contribution in [0.15, 0.2) is 66.7 Å². The second-order valence-corrected chi connectivity index (χ2v) is 7.26. The van der Waals surface area contributed by atoms with Crippen LogP contribution in [-0.4, -0.2) is 35.9 Å². The van der Waals surface area contributed by atoms with Gasteiger partial charge in [0.15, 0.2) is 0 Å². The van der Waals surface area contributed by atoms with Crippen LogP contribution < -0.4 is 21.5 Å². The van der Waals surface area contributed by atoms with Crippen molar-refractivity contribution in [3.05, 3.63) is 77.9 Å². The SMILES string of the molecule is CN(C)c1ccc(-c2nc3ccc(NC(=O)c4ccc(C(=O)NN)cc4)cc3[nH]2)cc1. The summed E-state index contributed by atoms with van der Waals surface area (Å²) in [6, 6.07) is 19.8. The van der Waals surface area contributed by atoms with Crippen LogP contribution in [0.3, 0.4) is 0 Å². The fourth-order valence-corrected chi connectivity index (χ4v) is 3.20. The number of H-pyrrole nitrogens is 1. The van der Waals surface area contributed by atoms with E-state index in [2.05, 4.69) is 20.7 Å². The molecule has 3 aromatic carbocycles. The molecule has 0 saturated carbocycles. The highest BCUT2D eigenvalue weighted by Gasteiger charge is 2.11. The molecule has 2 amide bonds. The molecule has 31 heavy (non-hydrogen) atoms. The molecule has 8 nitrogen and oxygen atoms in total. The van der Waals surface area contributed by atoms with Gasteiger partial charge in [-0.1, -0.05) is 0 Å². The summed E-state index contributed by atoms with van der Waals surface area (Å²) in [6.45, 7) is 0. The van der Waals surface area contributed by atoms with Crippen molar-refractivity contribution in [1.29, 1.82) is 0 Å². The van der Waals surface area contributed by atoms with E-state index in [0.717, 1.165) is 28.1 Å². The zero-order chi connectivity index (χ0) is 22.0. The minimum absolute atomic E-state index is 0.280. The zero-order valence-corrected chi connectivity index (χ0v) is 17.1. The highest BCUT2D eigenvalue weighted by Crippen LogP contribution is 2.25. The lowest BCUT2D eigenvalue weighted by Gasteiger charge is -2.11. The molecule has 4 aromatic rings. The molecular formula is C23H22N6O2. The van der Waals surface area contributed by atoms with Gasteiger partial charge in [-0.25, -0.2) is 10.8 Å². The van der Waals surface area contributed by atoms with Gasteiger partial charge in [0, 0.05) is 42.2 Å². The van der Waals surface area contributed by atoms with E-state index in [-0.39, 0.29) is 5.91 Å². The van der Waals surface area contributed by atoms with Gasteiger partial charge in [0.25, 0.3) is 11.8 Å². The minimum atomic E-state index is -0.413. The lowest BCUT2D eigenvalue weighted by Crippen LogP contribution is -2.29. The summed E-state index contributed by atoms with van der Waals surface area (Å²) in [4.78, 5) is 34.0. The third-order valence-electron chi connectivity index (χ3n) is 4.94. The van der Waals surface area contributed by atoms with Crippen LogP contribution in [0.1, 0.15) is 20.7 Å². The van der Waals surface area contributed by atoms with E-state index >= 15 is 0 Å². The Morgan fingerprint density at radius 1 is 0.903 bits per heavy atom. The van der Waals surface area contributed by atoms with E-state index in [9.17, 15) is 9.59 Å². The van der Waals surface area contributed by atoms with Crippen LogP contribution in [0.2, 0.25) is 0 Å². The van der Waals surface area contributed by atoms with Crippen LogP contribution in [0, 0.1) is 0 Å². The molecule has 0 aliphatic rings. The number of aromatic amines is 1. The molecule has 1 heterocycles. The third-order valence-corrected chi connectivity index (χ3v) is 4.94. The highest BCUT2D eigenvalue weighted by atomic mass is 16.2. The molecule has 4 rings (SSSR count). The van der Waals surface area contributed by atoms with Crippen LogP contribution in [0.25, 0.3) is 22.4 Å². The molecule has 8 heteroatoms. The second-order valence-electron chi connectivity index (χ2n) is 7.26. The molecule has 0 aliphatic heterocycles. The largest absolute Gasteiger partial charge is 0.378 e. The Hall–Kier alpha value is -4.17. The standard InChI is InChI=1S/C23H22N6O2/c1-29(2)18-10-7-14(8-11-18)21-26-19-12-9-17(13-20(19)27-21)25-22(30)15-3-5-16(6-4-15)23(31)28-24/h3-13H,24H2,1-2H3,(H,25,30)(H,26,27)(H,28,31). The maximum atomic E-state index is 12.5. The number of carbonyl (C=O) groups excluding carboxylic acids is 2. The summed E-state index contributed by atoms with van der Waals surface area (Å²) in [5.41, 5.74) is 7.22. The number of aromatic nitrogens is 2. The van der Waals surface area contributed by atoms with E-state index < -0.39 is 5.91 Å². The van der Waals surface area contributed by atoms with E-state index in [4.69, 9.17) is 5.84 Å². The minimum Gasteiger partial charge on any atom is -0.378 e. The smallest absolute Gasteiger partial charge is 0.265 e. The second kappa shape index (κ2) is 8.29. The van der Waals surface area contributed by atoms with E-state index in [1.165, 1.54) is 0 Å². The summed E-state index contributed by atoms with van der Waals surface area (Å²) in [5, 5.41) is 2.86. The first-order valence-electron chi connectivity index (χ1n) is 9.64. The van der Waals surface area contributed by atoms with Crippen LogP contribution in [0.4, 0.5) is 11.4 Å². The summed E-state index contributed by atoms with van der Waals surface area (Å²) in [6.07, 6.45) is 0. The highest BCUT2D eigenvalue weighted by molar-refractivity contribution is 6.05. The van der Waals surface area contributed by atoms with Gasteiger partial charge in [0.05, 0.1) is 11.0 Å². The monoisotopic (exact) mass is 414 g/mol. The van der Waals surface area contributed by atoms with Gasteiger partial charge in [-0.2, -0.15) is 0 Å². The number of hydrogen-bond acceptors (Lipinski definition) is 5. The first-order chi connectivity index (χ1) is 14.9. The molecule has 0 unspecified atom stereocenters. The summed E-state index contributed by atoms with van der Waals surface area (Å²) >= 11 is 0. The number of nitrogens with two attached hydrogens (primary N) is 1. The van der Waals surface area contributed by atoms with E-state index in [0.29, 0.717) is 16.8 Å². The number of fused-ring (bicyclic) bond motifs is 1. The Balaban J connectivity index is 1.52. The molecular weight excluding hydrogens is 392 g/mol. The van der Waals surface area contributed by atoms with Crippen molar-refractivity contribution >= 4 is 34.2 Å². The fourth-order valence-electron chi connectivity index (χ4n) is 3.20. The van der Waals surface area contributed by atoms with Crippen molar-refractivity contribution in [2.75, 3.05) is 24.3 Å². The number of nitrogens with zero attached hydrogens (tertiary/aromatic N) is 2. The molecule has 5 N–H and O–H groups in total. The predicted molar refractivity (Wildman–Crippen MR) is 122 cm³/mol. The van der Waals surface area contributed by atoms with Gasteiger partial charge in [0.1, 0.15) is 5.82 Å². The van der Waals surface area contributed by atoms with Gasteiger partial charge < -0.3 is 15.2 Å². The maximum Gasteiger partial charge on any atom is 0.265 e. The number of carbonyl (C=O) groups is 2. The molecule has 0 atom stereocenters. The maximum absolute atomic E-state index is 12.5. The van der Waals surface area contributed by atoms with Gasteiger partial charge in [-0.3, -0.25) is 15.0 Å². The number of nitrogens with one attached hydrogen (secondary N) is 3. The van der Waals surface area contributed by atoms with E-state index in [1.54, 1.807) is 30.3 Å². The van der Waals surface area contributed by atoms with Crippen molar-refractivity contribution < 1.29 is 9.59 Å². The van der Waals surface area contributed by atoms with Gasteiger partial charge >= 0.3 is 0 Å². The molecule has 0 saturated heterocycles. The van der Waals surface area contributed by atoms with E-state index in [1.807, 2.05) is 55.4 Å². The predicted octanol–water partition coefficient (Wildman–Crippen LogP) is 3.15. The molecule has 0 radical (unpaired) electrons. The van der Waals surface area contributed by atoms with Crippen molar-refractivity contribution in [2.45, 2.75) is 0 Å². The summed E-state index contributed by atoms with van der Waals surface area (Å²) < 4.78 is 0. The normalized spacial score (nSPS) is 10.7. The number of nitrogen functional groups attached to an aromatic ring is 1. The zero-order valence-electron chi connectivity index (χ0n) is 17.1. The summed E-state index contributed by atoms with van der Waals surface area (Å²) in [5.74, 6) is 5.19. The Morgan fingerprint density at radius 2 is 1.55 bits per heavy atom. The van der Waals surface area contributed by atoms with Crippen molar-refractivity contribution in [1.82, 2.24) is 15.4 Å². The Labute approximate surface area is 179 Å². The number of rotatable bonds is 5. The number of amides is 2. The van der Waals surface area contributed by atoms with Gasteiger partial charge in [-0.15, -0.1) is 0 Å². The van der Waals surface area contributed by atoms with Crippen molar-refractivity contribution in [3.63, 3.8) is 0 Å². The van der Waals surface area contributed by atoms with Gasteiger partial charge in [-0.05, 0) is 66.7 Å². The van der Waals surface area contributed by atoms with Crippen LogP contribution in [-0.2, 0) is 0 Å². The van der Waals surface area contributed by atoms with Crippen molar-refractivity contribution in [3.8, 4) is 11.4 Å². The fraction of sp³-hybridized carbons (Fsp3) is 0.0870. The molecule has 0 spiro atoms. The average Bonchev–Trinajstić information content (AvgIpc) is 3.22. The number of anilines is 2. The van der Waals surface area contributed by atoms with Crippen LogP contribution >= 0.6 is 0 Å². The van der Waals surface area contributed by atoms with Crippen LogP contribution in [0.5, 0.6) is 0 Å². The third kappa shape index (κ3) is 4.24. The number of hydrogen-bond donors (Lipinski definition) is 4. The average molecular weight is 414 g/mol. The van der Waals surface area contributed by atoms with Gasteiger partial charge in [0.2, 0.25) is 0 Å². The molecule has 0 bridgehead atoms. The Morgan fingerprint density at radius 3 is 2.16 bits per heavy atom. The lowest BCUT2D eigenvalue weighted by molar-refractivity contribution is 0.0952. The first-order valence-corrected chi connectivity index (χ1v) is 9.64. The first kappa shape index (κ1) is 20.1. The molecule has 0 aliphatic carbocycles. The summed E-state index contributed by atoms with van der Waals surface area (Å²) in [7, 11) is 3.99. The lowest BCUT2D eigenvalue weighted by atomic mass is 10.1. The number of hydrazine groups is 1. The number of benzene rings is 3.